The molecule has 4 aliphatic heterocycles. The molecule has 5 aliphatic rings. The maximum Gasteiger partial charge on any atom is 0.138 e. The summed E-state index contributed by atoms with van der Waals surface area (Å²) in [7, 11) is 0. The van der Waals surface area contributed by atoms with Crippen molar-refractivity contribution in [3.8, 4) is 23.0 Å². The molecule has 8 bridgehead atoms. The first-order chi connectivity index (χ1) is 37.8. The van der Waals surface area contributed by atoms with Gasteiger partial charge in [-0.2, -0.15) is 0 Å². The molecule has 1 aliphatic carbocycles. The van der Waals surface area contributed by atoms with Crippen LogP contribution in [-0.2, 0) is 47.3 Å². The molecule has 4 aromatic rings. The standard InChI is InChI=1S/C68H92N4O4S4/c1-65(2,3)53-33-45-29-47-35-54(66(4,5)6)37-49(62(47)74-42-58(78)70-23-15-16-24-70)31-51-39-56(68(10,11)12)40-52(64(51)76-44-60(80)72-27-19-20-28-72)32-50-38-55(67(7,8)9)36-48(63(50)75-43-59(79)71-25-17-18-26-71)30-46(34-53)61(45)73-41-57(77)69-21-13-14-22-69/h33-40H,13-32,41-44H2,1-12H3. The van der Waals surface area contributed by atoms with Crippen LogP contribution in [-0.4, -0.2) is 118 Å². The third kappa shape index (κ3) is 14.5. The van der Waals surface area contributed by atoms with Crippen LogP contribution in [0.3, 0.4) is 0 Å². The topological polar surface area (TPSA) is 49.9 Å². The van der Waals surface area contributed by atoms with Crippen LogP contribution in [0.4, 0.5) is 0 Å². The molecule has 0 aromatic heterocycles. The highest BCUT2D eigenvalue weighted by atomic mass is 32.1. The maximum absolute atomic E-state index is 7.33. The van der Waals surface area contributed by atoms with E-state index in [4.69, 9.17) is 67.8 Å². The molecule has 0 N–H and O–H groups in total. The lowest BCUT2D eigenvalue weighted by Crippen LogP contribution is -2.31. The minimum Gasteiger partial charge on any atom is -0.486 e. The summed E-state index contributed by atoms with van der Waals surface area (Å²) in [5.41, 5.74) is 13.1. The van der Waals surface area contributed by atoms with Gasteiger partial charge in [0.15, 0.2) is 0 Å². The molecule has 4 saturated heterocycles. The Morgan fingerprint density at radius 3 is 0.588 bits per heavy atom. The van der Waals surface area contributed by atoms with Gasteiger partial charge in [0.2, 0.25) is 0 Å². The van der Waals surface area contributed by atoms with Crippen molar-refractivity contribution in [1.82, 2.24) is 19.6 Å². The quantitative estimate of drug-likeness (QED) is 0.112. The summed E-state index contributed by atoms with van der Waals surface area (Å²) < 4.78 is 29.3. The van der Waals surface area contributed by atoms with E-state index in [-0.39, 0.29) is 21.7 Å². The molecular formula is C68H92N4O4S4. The number of benzene rings is 4. The van der Waals surface area contributed by atoms with Gasteiger partial charge in [-0.15, -0.1) is 0 Å². The number of ether oxygens (including phenoxy) is 4. The molecular weight excluding hydrogens is 1070 g/mol. The lowest BCUT2D eigenvalue weighted by atomic mass is 9.79. The van der Waals surface area contributed by atoms with Crippen LogP contribution in [0.15, 0.2) is 48.5 Å². The number of nitrogens with zero attached hydrogens (tertiary/aromatic N) is 4. The summed E-state index contributed by atoms with van der Waals surface area (Å²) in [6, 6.07) is 19.2. The minimum absolute atomic E-state index is 0.186. The Bertz CT molecular complexity index is 2460. The molecule has 0 atom stereocenters. The average Bonchev–Trinajstić information content (AvgIpc) is 4.25. The number of rotatable bonds is 12. The van der Waals surface area contributed by atoms with Gasteiger partial charge in [0, 0.05) is 78.0 Å². The molecule has 0 spiro atoms. The van der Waals surface area contributed by atoms with Crippen molar-refractivity contribution in [3.05, 3.63) is 115 Å². The fourth-order valence-electron chi connectivity index (χ4n) is 12.1. The van der Waals surface area contributed by atoms with E-state index in [0.29, 0.717) is 52.1 Å². The summed E-state index contributed by atoms with van der Waals surface area (Å²) >= 11 is 24.9. The van der Waals surface area contributed by atoms with Crippen LogP contribution >= 0.6 is 48.9 Å². The number of fused-ring (bicyclic) bond motifs is 8. The highest BCUT2D eigenvalue weighted by molar-refractivity contribution is 7.81. The smallest absolute Gasteiger partial charge is 0.138 e. The van der Waals surface area contributed by atoms with Gasteiger partial charge >= 0.3 is 0 Å². The van der Waals surface area contributed by atoms with Crippen LogP contribution < -0.4 is 18.9 Å². The first-order valence-corrected chi connectivity index (χ1v) is 31.7. The van der Waals surface area contributed by atoms with Crippen molar-refractivity contribution < 1.29 is 18.9 Å². The van der Waals surface area contributed by atoms with Gasteiger partial charge < -0.3 is 38.5 Å². The van der Waals surface area contributed by atoms with Crippen molar-refractivity contribution in [2.75, 3.05) is 78.8 Å². The molecule has 4 heterocycles. The molecule has 0 saturated carbocycles. The Balaban J connectivity index is 1.34. The van der Waals surface area contributed by atoms with Crippen LogP contribution in [0, 0.1) is 0 Å². The molecule has 12 heteroatoms. The van der Waals surface area contributed by atoms with Gasteiger partial charge in [0.05, 0.1) is 0 Å². The maximum atomic E-state index is 7.33. The highest BCUT2D eigenvalue weighted by Gasteiger charge is 2.31. The zero-order valence-electron chi connectivity index (χ0n) is 50.6. The van der Waals surface area contributed by atoms with Crippen molar-refractivity contribution in [1.29, 1.82) is 0 Å². The summed E-state index contributed by atoms with van der Waals surface area (Å²) in [5.74, 6) is 3.50. The normalized spacial score (nSPS) is 17.1. The summed E-state index contributed by atoms with van der Waals surface area (Å²) in [4.78, 5) is 12.7. The summed E-state index contributed by atoms with van der Waals surface area (Å²) in [5, 5.41) is 0. The van der Waals surface area contributed by atoms with E-state index in [1.807, 2.05) is 0 Å². The number of likely N-dealkylation sites (tertiary alicyclic amines) is 4. The lowest BCUT2D eigenvalue weighted by molar-refractivity contribution is 0.342. The monoisotopic (exact) mass is 1160 g/mol. The number of hydrogen-bond donors (Lipinski definition) is 0. The van der Waals surface area contributed by atoms with Crippen LogP contribution in [0.2, 0.25) is 0 Å². The lowest BCUT2D eigenvalue weighted by Gasteiger charge is -2.30. The van der Waals surface area contributed by atoms with Crippen LogP contribution in [0.1, 0.15) is 201 Å². The van der Waals surface area contributed by atoms with Crippen molar-refractivity contribution in [2.24, 2.45) is 0 Å². The van der Waals surface area contributed by atoms with E-state index in [2.05, 4.69) is 151 Å². The zero-order valence-corrected chi connectivity index (χ0v) is 53.9. The van der Waals surface area contributed by atoms with Gasteiger partial charge in [0.1, 0.15) is 69.4 Å². The molecule has 4 fully saturated rings. The second-order valence-electron chi connectivity index (χ2n) is 27.7. The predicted molar refractivity (Wildman–Crippen MR) is 347 cm³/mol. The fraction of sp³-hybridized carbons (Fsp3) is 0.588. The van der Waals surface area contributed by atoms with Gasteiger partial charge in [0.25, 0.3) is 0 Å². The highest BCUT2D eigenvalue weighted by Crippen LogP contribution is 2.45. The van der Waals surface area contributed by atoms with Gasteiger partial charge in [-0.3, -0.25) is 0 Å². The molecule has 80 heavy (non-hydrogen) atoms. The van der Waals surface area contributed by atoms with Crippen molar-refractivity contribution >= 4 is 68.8 Å². The molecule has 0 amide bonds. The first-order valence-electron chi connectivity index (χ1n) is 30.1. The third-order valence-electron chi connectivity index (χ3n) is 17.2. The van der Waals surface area contributed by atoms with E-state index in [9.17, 15) is 0 Å². The first kappa shape index (κ1) is 60.2. The van der Waals surface area contributed by atoms with E-state index in [0.717, 1.165) is 191 Å². The fourth-order valence-corrected chi connectivity index (χ4v) is 13.1. The Hall–Kier alpha value is -4.36. The largest absolute Gasteiger partial charge is 0.486 e. The molecule has 0 unspecified atom stereocenters. The second kappa shape index (κ2) is 24.8. The van der Waals surface area contributed by atoms with E-state index >= 15 is 0 Å². The van der Waals surface area contributed by atoms with E-state index < -0.39 is 0 Å². The van der Waals surface area contributed by atoms with Crippen LogP contribution in [0.5, 0.6) is 23.0 Å². The molecule has 0 radical (unpaired) electrons. The van der Waals surface area contributed by atoms with Crippen molar-refractivity contribution in [3.63, 3.8) is 0 Å². The van der Waals surface area contributed by atoms with Gasteiger partial charge in [-0.1, -0.05) is 180 Å². The van der Waals surface area contributed by atoms with E-state index in [1.54, 1.807) is 0 Å². The Morgan fingerprint density at radius 2 is 0.450 bits per heavy atom. The van der Waals surface area contributed by atoms with Crippen molar-refractivity contribution in [2.45, 2.75) is 182 Å². The van der Waals surface area contributed by atoms with E-state index in [1.165, 1.54) is 22.3 Å². The number of thiocarbonyl (C=S) groups is 4. The Kier molecular flexibility index (Phi) is 18.7. The second-order valence-corrected chi connectivity index (χ2v) is 29.6. The minimum atomic E-state index is -0.186. The summed E-state index contributed by atoms with van der Waals surface area (Å²) in [6.45, 7) is 36.8. The van der Waals surface area contributed by atoms with Gasteiger partial charge in [-0.05, 0) is 140 Å². The molecule has 4 aromatic carbocycles. The SMILES string of the molecule is CC(C)(C)c1cc2c(OCC(=S)N3CCCC3)c(c1)Cc1cc(C(C)(C)C)cc(c1OCC(=S)N1CCCC1)Cc1cc(C(C)(C)C)cc(c1OCC(=S)N1CCCC1)Cc1cc(C(C)(C)C)cc(c1OCC(=S)N1CCCC1)C2. The summed E-state index contributed by atoms with van der Waals surface area (Å²) in [6.07, 6.45) is 11.4. The molecule has 8 nitrogen and oxygen atoms in total. The number of hydrogen-bond acceptors (Lipinski definition) is 8. The Labute approximate surface area is 503 Å². The molecule has 432 valence electrons. The Morgan fingerprint density at radius 1 is 0.300 bits per heavy atom. The third-order valence-corrected chi connectivity index (χ3v) is 18.7. The zero-order chi connectivity index (χ0) is 57.3. The molecule has 9 rings (SSSR count). The predicted octanol–water partition coefficient (Wildman–Crippen LogP) is 14.8. The average molecular weight is 1160 g/mol. The van der Waals surface area contributed by atoms with Gasteiger partial charge in [-0.25, -0.2) is 0 Å². The van der Waals surface area contributed by atoms with Crippen LogP contribution in [0.25, 0.3) is 0 Å².